The normalized spacial score (nSPS) is 14.8. The summed E-state index contributed by atoms with van der Waals surface area (Å²) in [6.45, 7) is 2.06. The first kappa shape index (κ1) is 15.7. The molecule has 0 saturated carbocycles. The van der Waals surface area contributed by atoms with Gasteiger partial charge in [-0.2, -0.15) is 0 Å². The largest absolute Gasteiger partial charge is 0.312 e. The van der Waals surface area contributed by atoms with Gasteiger partial charge in [0.25, 0.3) is 0 Å². The van der Waals surface area contributed by atoms with Gasteiger partial charge in [0.05, 0.1) is 0 Å². The van der Waals surface area contributed by atoms with Gasteiger partial charge in [-0.25, -0.2) is 0 Å². The van der Waals surface area contributed by atoms with Crippen molar-refractivity contribution in [2.24, 2.45) is 0 Å². The van der Waals surface area contributed by atoms with Crippen LogP contribution in [0, 0.1) is 0 Å². The maximum Gasteiger partial charge on any atom is 0.0206 e. The Morgan fingerprint density at radius 1 is 1.22 bits per heavy atom. The monoisotopic (exact) mass is 329 g/mol. The van der Waals surface area contributed by atoms with Gasteiger partial charge in [0.1, 0.15) is 0 Å². The highest BCUT2D eigenvalue weighted by Crippen LogP contribution is 2.19. The predicted octanol–water partition coefficient (Wildman–Crippen LogP) is 4.85. The van der Waals surface area contributed by atoms with Crippen LogP contribution >= 0.6 is 28.3 Å². The Morgan fingerprint density at radius 2 is 2.11 bits per heavy atom. The minimum absolute atomic E-state index is 0. The quantitative estimate of drug-likeness (QED) is 0.601. The lowest BCUT2D eigenvalue weighted by molar-refractivity contribution is 0.632. The summed E-state index contributed by atoms with van der Waals surface area (Å²) in [5.41, 5.74) is 3.00. The molecule has 1 aliphatic carbocycles. The molecule has 0 unspecified atom stereocenters. The van der Waals surface area contributed by atoms with Crippen LogP contribution in [-0.2, 0) is 6.54 Å². The van der Waals surface area contributed by atoms with Crippen LogP contribution in [0.3, 0.4) is 0 Å². The second-order valence-electron chi connectivity index (χ2n) is 4.66. The molecule has 0 atom stereocenters. The van der Waals surface area contributed by atoms with Crippen molar-refractivity contribution >= 4 is 28.3 Å². The first-order chi connectivity index (χ1) is 8.34. The van der Waals surface area contributed by atoms with E-state index < -0.39 is 0 Å². The molecule has 100 valence electrons. The molecule has 0 bridgehead atoms. The Labute approximate surface area is 125 Å². The minimum Gasteiger partial charge on any atom is -0.312 e. The summed E-state index contributed by atoms with van der Waals surface area (Å²) < 4.78 is 1.16. The van der Waals surface area contributed by atoms with Crippen molar-refractivity contribution in [3.63, 3.8) is 0 Å². The summed E-state index contributed by atoms with van der Waals surface area (Å²) in [6, 6.07) is 8.49. The van der Waals surface area contributed by atoms with Crippen molar-refractivity contribution < 1.29 is 0 Å². The van der Waals surface area contributed by atoms with Gasteiger partial charge in [-0.05, 0) is 56.3 Å². The SMILES string of the molecule is Brc1cccc(CNCCC2=CCCCC2)c1.Cl. The molecule has 3 heteroatoms. The van der Waals surface area contributed by atoms with E-state index >= 15 is 0 Å². The zero-order valence-electron chi connectivity index (χ0n) is 10.6. The van der Waals surface area contributed by atoms with Crippen molar-refractivity contribution in [3.8, 4) is 0 Å². The molecular weight excluding hydrogens is 310 g/mol. The molecule has 1 nitrogen and oxygen atoms in total. The number of hydrogen-bond acceptors (Lipinski definition) is 1. The number of hydrogen-bond donors (Lipinski definition) is 1. The lowest BCUT2D eigenvalue weighted by atomic mass is 9.97. The third kappa shape index (κ3) is 5.55. The van der Waals surface area contributed by atoms with E-state index in [0.29, 0.717) is 0 Å². The third-order valence-electron chi connectivity index (χ3n) is 3.23. The molecular formula is C15H21BrClN. The fraction of sp³-hybridized carbons (Fsp3) is 0.467. The fourth-order valence-corrected chi connectivity index (χ4v) is 2.71. The van der Waals surface area contributed by atoms with Crippen LogP contribution in [0.15, 0.2) is 40.4 Å². The second kappa shape index (κ2) is 8.73. The van der Waals surface area contributed by atoms with Gasteiger partial charge in [-0.3, -0.25) is 0 Å². The van der Waals surface area contributed by atoms with Gasteiger partial charge in [0.15, 0.2) is 0 Å². The van der Waals surface area contributed by atoms with Crippen LogP contribution in [0.1, 0.15) is 37.7 Å². The highest BCUT2D eigenvalue weighted by molar-refractivity contribution is 9.10. The molecule has 0 amide bonds. The summed E-state index contributed by atoms with van der Waals surface area (Å²) in [4.78, 5) is 0. The molecule has 1 aliphatic rings. The molecule has 1 aromatic rings. The Morgan fingerprint density at radius 3 is 2.83 bits per heavy atom. The third-order valence-corrected chi connectivity index (χ3v) is 3.72. The zero-order chi connectivity index (χ0) is 11.9. The van der Waals surface area contributed by atoms with Gasteiger partial charge in [0.2, 0.25) is 0 Å². The highest BCUT2D eigenvalue weighted by Gasteiger charge is 2.02. The van der Waals surface area contributed by atoms with Crippen molar-refractivity contribution in [1.82, 2.24) is 5.32 Å². The van der Waals surface area contributed by atoms with Gasteiger partial charge < -0.3 is 5.32 Å². The zero-order valence-corrected chi connectivity index (χ0v) is 13.0. The van der Waals surface area contributed by atoms with Gasteiger partial charge in [-0.1, -0.05) is 39.7 Å². The van der Waals surface area contributed by atoms with Crippen LogP contribution in [-0.4, -0.2) is 6.54 Å². The van der Waals surface area contributed by atoms with E-state index in [4.69, 9.17) is 0 Å². The Bertz CT molecular complexity index is 390. The van der Waals surface area contributed by atoms with Crippen LogP contribution in [0.5, 0.6) is 0 Å². The summed E-state index contributed by atoms with van der Waals surface area (Å²) in [5, 5.41) is 3.51. The second-order valence-corrected chi connectivity index (χ2v) is 5.58. The maximum absolute atomic E-state index is 3.51. The molecule has 0 aliphatic heterocycles. The van der Waals surface area contributed by atoms with E-state index in [-0.39, 0.29) is 12.4 Å². The number of nitrogens with one attached hydrogen (secondary N) is 1. The van der Waals surface area contributed by atoms with E-state index in [1.807, 2.05) is 0 Å². The maximum atomic E-state index is 3.51. The summed E-state index contributed by atoms with van der Waals surface area (Å²) in [7, 11) is 0. The molecule has 0 spiro atoms. The van der Waals surface area contributed by atoms with E-state index in [1.165, 1.54) is 37.7 Å². The molecule has 0 radical (unpaired) electrons. The minimum atomic E-state index is 0. The van der Waals surface area contributed by atoms with Crippen molar-refractivity contribution in [2.75, 3.05) is 6.54 Å². The van der Waals surface area contributed by atoms with Gasteiger partial charge >= 0.3 is 0 Å². The topological polar surface area (TPSA) is 12.0 Å². The van der Waals surface area contributed by atoms with E-state index in [0.717, 1.165) is 17.6 Å². The van der Waals surface area contributed by atoms with Crippen molar-refractivity contribution in [3.05, 3.63) is 46.0 Å². The summed E-state index contributed by atoms with van der Waals surface area (Å²) in [6.07, 6.45) is 9.03. The van der Waals surface area contributed by atoms with Gasteiger partial charge in [0, 0.05) is 11.0 Å². The number of allylic oxidation sites excluding steroid dienone is 1. The van der Waals surface area contributed by atoms with Gasteiger partial charge in [-0.15, -0.1) is 12.4 Å². The first-order valence-corrected chi connectivity index (χ1v) is 7.27. The molecule has 2 rings (SSSR count). The molecule has 1 N–H and O–H groups in total. The Hall–Kier alpha value is -0.310. The molecule has 0 heterocycles. The number of rotatable bonds is 5. The Balaban J connectivity index is 0.00000162. The first-order valence-electron chi connectivity index (χ1n) is 6.48. The molecule has 0 fully saturated rings. The Kier molecular flexibility index (Phi) is 7.64. The molecule has 0 saturated heterocycles. The molecule has 0 aromatic heterocycles. The standard InChI is InChI=1S/C15H20BrN.ClH/c16-15-8-4-7-14(11-15)12-17-10-9-13-5-2-1-3-6-13;/h4-5,7-8,11,17H,1-3,6,9-10,12H2;1H. The lowest BCUT2D eigenvalue weighted by Crippen LogP contribution is -2.15. The van der Waals surface area contributed by atoms with Crippen LogP contribution in [0.2, 0.25) is 0 Å². The van der Waals surface area contributed by atoms with Crippen LogP contribution in [0.4, 0.5) is 0 Å². The highest BCUT2D eigenvalue weighted by atomic mass is 79.9. The molecule has 18 heavy (non-hydrogen) atoms. The smallest absolute Gasteiger partial charge is 0.0206 e. The van der Waals surface area contributed by atoms with Crippen LogP contribution < -0.4 is 5.32 Å². The van der Waals surface area contributed by atoms with E-state index in [1.54, 1.807) is 5.57 Å². The average molecular weight is 331 g/mol. The lowest BCUT2D eigenvalue weighted by Gasteiger charge is -2.13. The van der Waals surface area contributed by atoms with E-state index in [2.05, 4.69) is 51.6 Å². The van der Waals surface area contributed by atoms with Crippen molar-refractivity contribution in [1.29, 1.82) is 0 Å². The summed E-state index contributed by atoms with van der Waals surface area (Å²) in [5.74, 6) is 0. The van der Waals surface area contributed by atoms with Crippen molar-refractivity contribution in [2.45, 2.75) is 38.6 Å². The summed E-state index contributed by atoms with van der Waals surface area (Å²) >= 11 is 3.50. The van der Waals surface area contributed by atoms with E-state index in [9.17, 15) is 0 Å². The van der Waals surface area contributed by atoms with Crippen LogP contribution in [0.25, 0.3) is 0 Å². The number of benzene rings is 1. The number of halogens is 2. The molecule has 1 aromatic carbocycles. The fourth-order valence-electron chi connectivity index (χ4n) is 2.26. The average Bonchev–Trinajstić information content (AvgIpc) is 2.36. The predicted molar refractivity (Wildman–Crippen MR) is 84.3 cm³/mol.